The maximum Gasteiger partial charge on any atom is 0.328 e. The molecule has 0 heterocycles. The fourth-order valence-electron chi connectivity index (χ4n) is 0.869. The molecule has 1 aromatic carbocycles. The molecule has 1 N–H and O–H groups in total. The fourth-order valence-corrected chi connectivity index (χ4v) is 0.869. The maximum atomic E-state index is 10.1. The molecule has 0 bridgehead atoms. The van der Waals surface area contributed by atoms with E-state index in [9.17, 15) is 4.79 Å². The van der Waals surface area contributed by atoms with E-state index in [1.54, 1.807) is 6.08 Å². The third-order valence-electron chi connectivity index (χ3n) is 1.44. The molecule has 0 unspecified atom stereocenters. The predicted octanol–water partition coefficient (Wildman–Crippen LogP) is 3.92. The highest BCUT2D eigenvalue weighted by molar-refractivity contribution is 5.80. The molecule has 90 valence electrons. The number of carboxylic acid groups (broad SMARTS) is 1. The average Bonchev–Trinajstić information content (AvgIpc) is 2.25. The van der Waals surface area contributed by atoms with Crippen molar-refractivity contribution >= 4 is 12.0 Å². The lowest BCUT2D eigenvalue weighted by molar-refractivity contribution is -0.131. The molecule has 2 nitrogen and oxygen atoms in total. The van der Waals surface area contributed by atoms with Crippen LogP contribution in [0.4, 0.5) is 0 Å². The van der Waals surface area contributed by atoms with Crippen molar-refractivity contribution in [2.75, 3.05) is 0 Å². The Hall–Kier alpha value is -2.09. The van der Waals surface area contributed by atoms with Crippen molar-refractivity contribution in [3.05, 3.63) is 66.3 Å². The molecular formula is C15H18O2. The first-order valence-electron chi connectivity index (χ1n) is 5.27. The molecule has 1 aromatic rings. The third kappa shape index (κ3) is 11.8. The monoisotopic (exact) mass is 230 g/mol. The molecule has 1 rings (SSSR count). The number of carboxylic acids is 1. The van der Waals surface area contributed by atoms with Crippen molar-refractivity contribution in [1.29, 1.82) is 0 Å². The zero-order valence-corrected chi connectivity index (χ0v) is 10.3. The van der Waals surface area contributed by atoms with E-state index in [-0.39, 0.29) is 0 Å². The van der Waals surface area contributed by atoms with Gasteiger partial charge in [0.2, 0.25) is 0 Å². The molecule has 0 spiro atoms. The van der Waals surface area contributed by atoms with Gasteiger partial charge >= 0.3 is 5.97 Å². The predicted molar refractivity (Wildman–Crippen MR) is 72.7 cm³/mol. The van der Waals surface area contributed by atoms with Gasteiger partial charge in [0.05, 0.1) is 0 Å². The molecule has 0 saturated heterocycles. The van der Waals surface area contributed by atoms with E-state index in [4.69, 9.17) is 5.11 Å². The molecule has 0 saturated carbocycles. The molecule has 0 aliphatic rings. The van der Waals surface area contributed by atoms with Gasteiger partial charge in [0.15, 0.2) is 0 Å². The van der Waals surface area contributed by atoms with Crippen LogP contribution < -0.4 is 0 Å². The topological polar surface area (TPSA) is 37.3 Å². The van der Waals surface area contributed by atoms with Crippen molar-refractivity contribution in [3.8, 4) is 0 Å². The van der Waals surface area contributed by atoms with E-state index in [2.05, 4.69) is 6.58 Å². The van der Waals surface area contributed by atoms with Crippen LogP contribution in [-0.2, 0) is 4.79 Å². The molecule has 0 atom stereocenters. The Balaban J connectivity index is 0.000000557. The van der Waals surface area contributed by atoms with E-state index in [1.807, 2.05) is 50.3 Å². The van der Waals surface area contributed by atoms with Gasteiger partial charge in [0, 0.05) is 6.08 Å². The lowest BCUT2D eigenvalue weighted by Crippen LogP contribution is -1.84. The minimum atomic E-state index is -0.933. The smallest absolute Gasteiger partial charge is 0.328 e. The van der Waals surface area contributed by atoms with Crippen LogP contribution in [0.15, 0.2) is 60.7 Å². The summed E-state index contributed by atoms with van der Waals surface area (Å²) in [6.07, 6.45) is 6.14. The first-order valence-corrected chi connectivity index (χ1v) is 5.27. The first-order chi connectivity index (χ1) is 8.02. The Morgan fingerprint density at radius 3 is 2.18 bits per heavy atom. The van der Waals surface area contributed by atoms with E-state index in [0.717, 1.165) is 11.6 Å². The number of benzene rings is 1. The van der Waals surface area contributed by atoms with Gasteiger partial charge in [0.25, 0.3) is 0 Å². The molecule has 0 amide bonds. The zero-order chi connectivity index (χ0) is 13.1. The zero-order valence-electron chi connectivity index (χ0n) is 10.3. The second-order valence-electron chi connectivity index (χ2n) is 3.67. The van der Waals surface area contributed by atoms with Gasteiger partial charge in [-0.1, -0.05) is 54.1 Å². The molecule has 0 aliphatic carbocycles. The van der Waals surface area contributed by atoms with Crippen LogP contribution in [0.25, 0.3) is 6.08 Å². The molecular weight excluding hydrogens is 212 g/mol. The summed E-state index contributed by atoms with van der Waals surface area (Å²) in [5, 5.41) is 8.29. The quantitative estimate of drug-likeness (QED) is 0.485. The highest BCUT2D eigenvalue weighted by atomic mass is 16.4. The average molecular weight is 230 g/mol. The van der Waals surface area contributed by atoms with E-state index in [1.165, 1.54) is 11.6 Å². The maximum absolute atomic E-state index is 10.1. The van der Waals surface area contributed by atoms with Gasteiger partial charge in [-0.05, 0) is 19.4 Å². The van der Waals surface area contributed by atoms with Gasteiger partial charge in [-0.15, -0.1) is 6.58 Å². The van der Waals surface area contributed by atoms with Crippen molar-refractivity contribution in [2.24, 2.45) is 0 Å². The van der Waals surface area contributed by atoms with E-state index in [0.29, 0.717) is 0 Å². The van der Waals surface area contributed by atoms with E-state index >= 15 is 0 Å². The summed E-state index contributed by atoms with van der Waals surface area (Å²) in [4.78, 5) is 10.1. The highest BCUT2D eigenvalue weighted by Crippen LogP contribution is 2.00. The van der Waals surface area contributed by atoms with Gasteiger partial charge in [-0.3, -0.25) is 0 Å². The summed E-state index contributed by atoms with van der Waals surface area (Å²) in [5.74, 6) is -0.933. The second kappa shape index (κ2) is 9.16. The van der Waals surface area contributed by atoms with Crippen molar-refractivity contribution in [2.45, 2.75) is 13.8 Å². The Labute approximate surface area is 103 Å². The number of rotatable bonds is 3. The van der Waals surface area contributed by atoms with Gasteiger partial charge < -0.3 is 5.11 Å². The largest absolute Gasteiger partial charge is 0.478 e. The van der Waals surface area contributed by atoms with Gasteiger partial charge in [-0.2, -0.15) is 0 Å². The summed E-state index contributed by atoms with van der Waals surface area (Å²) in [5.41, 5.74) is 2.22. The molecule has 0 aliphatic heterocycles. The lowest BCUT2D eigenvalue weighted by atomic mass is 10.2. The molecule has 0 fully saturated rings. The van der Waals surface area contributed by atoms with Crippen LogP contribution in [0, 0.1) is 0 Å². The molecule has 0 radical (unpaired) electrons. The minimum Gasteiger partial charge on any atom is -0.478 e. The number of carbonyl (C=O) groups is 1. The summed E-state index contributed by atoms with van der Waals surface area (Å²) in [7, 11) is 0. The van der Waals surface area contributed by atoms with Crippen LogP contribution in [0.5, 0.6) is 0 Å². The van der Waals surface area contributed by atoms with Crippen LogP contribution >= 0.6 is 0 Å². The van der Waals surface area contributed by atoms with Crippen LogP contribution in [0.3, 0.4) is 0 Å². The van der Waals surface area contributed by atoms with Crippen LogP contribution in [0.1, 0.15) is 19.4 Å². The molecule has 2 heteroatoms. The second-order valence-corrected chi connectivity index (χ2v) is 3.67. The number of hydrogen-bond acceptors (Lipinski definition) is 1. The summed E-state index contributed by atoms with van der Waals surface area (Å²) in [6.45, 7) is 7.50. The van der Waals surface area contributed by atoms with Crippen LogP contribution in [-0.4, -0.2) is 11.1 Å². The Kier molecular flexibility index (Phi) is 8.03. The molecule has 17 heavy (non-hydrogen) atoms. The lowest BCUT2D eigenvalue weighted by Gasteiger charge is -1.87. The highest BCUT2D eigenvalue weighted by Gasteiger charge is 1.82. The van der Waals surface area contributed by atoms with Crippen molar-refractivity contribution < 1.29 is 9.90 Å². The number of aliphatic carboxylic acids is 1. The van der Waals surface area contributed by atoms with Gasteiger partial charge in [-0.25, -0.2) is 4.79 Å². The number of allylic oxidation sites excluding steroid dienone is 3. The standard InChI is InChI=1S/C11H10O2.C4H8/c12-11(13)9-5-4-8-10-6-2-1-3-7-10;1-4(2)3/h1-9H,(H,12,13);1H2,2-3H3. The van der Waals surface area contributed by atoms with Gasteiger partial charge in [0.1, 0.15) is 0 Å². The van der Waals surface area contributed by atoms with Crippen molar-refractivity contribution in [1.82, 2.24) is 0 Å². The summed E-state index contributed by atoms with van der Waals surface area (Å²) < 4.78 is 0. The molecule has 0 aromatic heterocycles. The summed E-state index contributed by atoms with van der Waals surface area (Å²) in [6, 6.07) is 9.70. The first kappa shape index (κ1) is 14.9. The Bertz CT molecular complexity index is 396. The SMILES string of the molecule is C=C(C)C.O=C(O)C=CC=Cc1ccccc1. The summed E-state index contributed by atoms with van der Waals surface area (Å²) >= 11 is 0. The minimum absolute atomic E-state index is 0.933. The number of hydrogen-bond donors (Lipinski definition) is 1. The Morgan fingerprint density at radius 2 is 1.71 bits per heavy atom. The van der Waals surface area contributed by atoms with E-state index < -0.39 is 5.97 Å². The van der Waals surface area contributed by atoms with Crippen LogP contribution in [0.2, 0.25) is 0 Å². The third-order valence-corrected chi connectivity index (χ3v) is 1.44. The fraction of sp³-hybridized carbons (Fsp3) is 0.133. The van der Waals surface area contributed by atoms with Crippen molar-refractivity contribution in [3.63, 3.8) is 0 Å². The normalized spacial score (nSPS) is 10.0. The Morgan fingerprint density at radius 1 is 1.18 bits per heavy atom.